The summed E-state index contributed by atoms with van der Waals surface area (Å²) in [7, 11) is 0. The van der Waals surface area contributed by atoms with Crippen LogP contribution < -0.4 is 5.73 Å². The van der Waals surface area contributed by atoms with Crippen molar-refractivity contribution < 1.29 is 4.52 Å². The molecule has 1 rings (SSSR count). The lowest BCUT2D eigenvalue weighted by Crippen LogP contribution is -1.84. The Balaban J connectivity index is 1.88. The van der Waals surface area contributed by atoms with Gasteiger partial charge in [-0.2, -0.15) is 11.8 Å². The molecule has 0 saturated heterocycles. The number of anilines is 1. The van der Waals surface area contributed by atoms with Gasteiger partial charge in [0.05, 0.1) is 5.75 Å². The van der Waals surface area contributed by atoms with Crippen LogP contribution in [-0.2, 0) is 5.75 Å². The molecule has 0 unspecified atom stereocenters. The van der Waals surface area contributed by atoms with Gasteiger partial charge in [0, 0.05) is 6.07 Å². The first-order chi connectivity index (χ1) is 7.83. The summed E-state index contributed by atoms with van der Waals surface area (Å²) >= 11 is 1.89. The van der Waals surface area contributed by atoms with Crippen molar-refractivity contribution in [3.8, 4) is 0 Å². The van der Waals surface area contributed by atoms with Gasteiger partial charge >= 0.3 is 0 Å². The molecule has 2 N–H and O–H groups in total. The Morgan fingerprint density at radius 2 is 2.00 bits per heavy atom. The zero-order valence-electron chi connectivity index (χ0n) is 10.1. The van der Waals surface area contributed by atoms with Gasteiger partial charge in [-0.1, -0.05) is 44.2 Å². The van der Waals surface area contributed by atoms with Crippen LogP contribution in [0.15, 0.2) is 10.6 Å². The van der Waals surface area contributed by atoms with Crippen LogP contribution in [0.25, 0.3) is 0 Å². The van der Waals surface area contributed by atoms with E-state index in [2.05, 4.69) is 12.1 Å². The lowest BCUT2D eigenvalue weighted by Gasteiger charge is -2.00. The molecule has 0 aromatic carbocycles. The third-order valence-electron chi connectivity index (χ3n) is 2.46. The summed E-state index contributed by atoms with van der Waals surface area (Å²) in [5.74, 6) is 3.45. The van der Waals surface area contributed by atoms with E-state index in [1.807, 2.05) is 11.8 Å². The molecule has 1 aromatic rings. The second-order valence-corrected chi connectivity index (χ2v) is 5.14. The average molecular weight is 242 g/mol. The third kappa shape index (κ3) is 6.05. The Morgan fingerprint density at radius 1 is 1.25 bits per heavy atom. The smallest absolute Gasteiger partial charge is 0.167 e. The maximum absolute atomic E-state index is 5.46. The summed E-state index contributed by atoms with van der Waals surface area (Å²) in [6.07, 6.45) is 8.12. The Labute approximate surface area is 102 Å². The molecule has 0 aliphatic rings. The van der Waals surface area contributed by atoms with Crippen molar-refractivity contribution in [2.75, 3.05) is 11.5 Å². The highest BCUT2D eigenvalue weighted by molar-refractivity contribution is 7.98. The molecule has 0 aliphatic heterocycles. The number of nitrogens with zero attached hydrogens (tertiary/aromatic N) is 1. The summed E-state index contributed by atoms with van der Waals surface area (Å²) in [4.78, 5) is 0. The highest BCUT2D eigenvalue weighted by Gasteiger charge is 2.00. The summed E-state index contributed by atoms with van der Waals surface area (Å²) in [5.41, 5.74) is 5.46. The van der Waals surface area contributed by atoms with E-state index in [-0.39, 0.29) is 0 Å². The van der Waals surface area contributed by atoms with Crippen molar-refractivity contribution in [1.82, 2.24) is 5.16 Å². The second-order valence-electron chi connectivity index (χ2n) is 4.04. The van der Waals surface area contributed by atoms with Crippen molar-refractivity contribution in [2.24, 2.45) is 0 Å². The third-order valence-corrected chi connectivity index (χ3v) is 3.53. The standard InChI is InChI=1S/C12H22N2OS/c1-2-3-4-5-6-7-8-16-10-11-9-12(13)14-15-11/h9H,2-8,10H2,1H3,(H2,13,14). The van der Waals surface area contributed by atoms with Gasteiger partial charge in [-0.05, 0) is 12.2 Å². The summed E-state index contributed by atoms with van der Waals surface area (Å²) < 4.78 is 5.03. The molecule has 0 bridgehead atoms. The van der Waals surface area contributed by atoms with Crippen LogP contribution in [0.2, 0.25) is 0 Å². The van der Waals surface area contributed by atoms with Gasteiger partial charge in [0.25, 0.3) is 0 Å². The Bertz CT molecular complexity index is 276. The second kappa shape index (κ2) is 8.50. The fourth-order valence-corrected chi connectivity index (χ4v) is 2.44. The summed E-state index contributed by atoms with van der Waals surface area (Å²) in [5, 5.41) is 3.65. The number of thioether (sulfide) groups is 1. The predicted molar refractivity (Wildman–Crippen MR) is 70.5 cm³/mol. The first-order valence-electron chi connectivity index (χ1n) is 6.11. The maximum Gasteiger partial charge on any atom is 0.167 e. The van der Waals surface area contributed by atoms with E-state index in [1.54, 1.807) is 6.07 Å². The van der Waals surface area contributed by atoms with Gasteiger partial charge in [-0.25, -0.2) is 0 Å². The monoisotopic (exact) mass is 242 g/mol. The van der Waals surface area contributed by atoms with Gasteiger partial charge in [0.1, 0.15) is 5.76 Å². The first kappa shape index (κ1) is 13.4. The van der Waals surface area contributed by atoms with Gasteiger partial charge in [0.2, 0.25) is 0 Å². The molecule has 0 saturated carbocycles. The van der Waals surface area contributed by atoms with Gasteiger partial charge in [-0.15, -0.1) is 0 Å². The SMILES string of the molecule is CCCCCCCCSCc1cc(N)no1. The number of rotatable bonds is 9. The molecule has 0 fully saturated rings. The zero-order valence-corrected chi connectivity index (χ0v) is 10.9. The minimum atomic E-state index is 0.482. The average Bonchev–Trinajstić information content (AvgIpc) is 2.68. The summed E-state index contributed by atoms with van der Waals surface area (Å²) in [6.45, 7) is 2.25. The number of unbranched alkanes of at least 4 members (excludes halogenated alkanes) is 5. The Morgan fingerprint density at radius 3 is 2.69 bits per heavy atom. The van der Waals surface area contributed by atoms with E-state index >= 15 is 0 Å². The molecule has 0 amide bonds. The first-order valence-corrected chi connectivity index (χ1v) is 7.27. The minimum Gasteiger partial charge on any atom is -0.381 e. The molecule has 0 radical (unpaired) electrons. The van der Waals surface area contributed by atoms with Crippen molar-refractivity contribution in [2.45, 2.75) is 51.2 Å². The highest BCUT2D eigenvalue weighted by atomic mass is 32.2. The van der Waals surface area contributed by atoms with Crippen molar-refractivity contribution >= 4 is 17.6 Å². The molecule has 1 heterocycles. The molecule has 4 heteroatoms. The van der Waals surface area contributed by atoms with Crippen molar-refractivity contribution in [1.29, 1.82) is 0 Å². The number of hydrogen-bond donors (Lipinski definition) is 1. The largest absolute Gasteiger partial charge is 0.381 e. The summed E-state index contributed by atoms with van der Waals surface area (Å²) in [6, 6.07) is 1.80. The Kier molecular flexibility index (Phi) is 7.14. The molecular formula is C12H22N2OS. The normalized spacial score (nSPS) is 10.8. The van der Waals surface area contributed by atoms with E-state index in [0.717, 1.165) is 11.5 Å². The van der Waals surface area contributed by atoms with Crippen molar-refractivity contribution in [3.05, 3.63) is 11.8 Å². The van der Waals surface area contributed by atoms with Crippen LogP contribution in [0.5, 0.6) is 0 Å². The quantitative estimate of drug-likeness (QED) is 0.668. The fourth-order valence-electron chi connectivity index (χ4n) is 1.55. The van der Waals surface area contributed by atoms with Crippen LogP contribution in [0.4, 0.5) is 5.82 Å². The van der Waals surface area contributed by atoms with Crippen LogP contribution in [0, 0.1) is 0 Å². The Hall–Kier alpha value is -0.640. The zero-order chi connectivity index (χ0) is 11.6. The maximum atomic E-state index is 5.46. The fraction of sp³-hybridized carbons (Fsp3) is 0.750. The van der Waals surface area contributed by atoms with Crippen molar-refractivity contribution in [3.63, 3.8) is 0 Å². The molecule has 0 aliphatic carbocycles. The lowest BCUT2D eigenvalue weighted by molar-refractivity contribution is 0.398. The number of aromatic nitrogens is 1. The highest BCUT2D eigenvalue weighted by Crippen LogP contribution is 2.16. The molecule has 0 atom stereocenters. The van der Waals surface area contributed by atoms with E-state index in [9.17, 15) is 0 Å². The molecule has 1 aromatic heterocycles. The van der Waals surface area contributed by atoms with E-state index in [1.165, 1.54) is 44.3 Å². The van der Waals surface area contributed by atoms with Crippen LogP contribution in [0.3, 0.4) is 0 Å². The lowest BCUT2D eigenvalue weighted by atomic mass is 10.1. The number of hydrogen-bond acceptors (Lipinski definition) is 4. The number of nitrogens with two attached hydrogens (primary N) is 1. The van der Waals surface area contributed by atoms with E-state index in [0.29, 0.717) is 5.82 Å². The molecule has 16 heavy (non-hydrogen) atoms. The van der Waals surface area contributed by atoms with E-state index in [4.69, 9.17) is 10.3 Å². The van der Waals surface area contributed by atoms with Crippen LogP contribution in [-0.4, -0.2) is 10.9 Å². The molecule has 0 spiro atoms. The molecule has 3 nitrogen and oxygen atoms in total. The topological polar surface area (TPSA) is 52.0 Å². The number of nitrogen functional groups attached to an aromatic ring is 1. The van der Waals surface area contributed by atoms with Gasteiger partial charge in [-0.3, -0.25) is 0 Å². The minimum absolute atomic E-state index is 0.482. The molecule has 92 valence electrons. The van der Waals surface area contributed by atoms with E-state index < -0.39 is 0 Å². The van der Waals surface area contributed by atoms with Crippen LogP contribution >= 0.6 is 11.8 Å². The predicted octanol–water partition coefficient (Wildman–Crippen LogP) is 3.85. The van der Waals surface area contributed by atoms with Gasteiger partial charge < -0.3 is 10.3 Å². The van der Waals surface area contributed by atoms with Crippen LogP contribution in [0.1, 0.15) is 51.2 Å². The van der Waals surface area contributed by atoms with Gasteiger partial charge in [0.15, 0.2) is 5.82 Å². The molecular weight excluding hydrogens is 220 g/mol.